The molecule has 4 nitrogen and oxygen atoms in total. The molecule has 1 atom stereocenters. The first kappa shape index (κ1) is 15.4. The zero-order valence-corrected chi connectivity index (χ0v) is 11.9. The van der Waals surface area contributed by atoms with Crippen LogP contribution < -0.4 is 0 Å². The van der Waals surface area contributed by atoms with Gasteiger partial charge in [0.15, 0.2) is 0 Å². The van der Waals surface area contributed by atoms with E-state index in [4.69, 9.17) is 5.26 Å². The Hall–Kier alpha value is -2.00. The van der Waals surface area contributed by atoms with Crippen molar-refractivity contribution in [1.29, 1.82) is 5.26 Å². The Morgan fingerprint density at radius 3 is 2.38 bits per heavy atom. The molecule has 0 bridgehead atoms. The van der Waals surface area contributed by atoms with Crippen LogP contribution in [0.25, 0.3) is 0 Å². The van der Waals surface area contributed by atoms with Crippen molar-refractivity contribution in [3.8, 4) is 6.07 Å². The predicted octanol–water partition coefficient (Wildman–Crippen LogP) is 1.56. The number of carbonyl (C=O) groups is 1. The van der Waals surface area contributed by atoms with Gasteiger partial charge in [-0.05, 0) is 19.1 Å². The van der Waals surface area contributed by atoms with Crippen LogP contribution in [0.2, 0.25) is 0 Å². The first-order valence-electron chi connectivity index (χ1n) is 6.87. The fourth-order valence-electron chi connectivity index (χ4n) is 2.40. The van der Waals surface area contributed by atoms with Crippen LogP contribution in [0.15, 0.2) is 18.2 Å². The number of halogens is 2. The summed E-state index contributed by atoms with van der Waals surface area (Å²) in [5.41, 5.74) is -0.185. The van der Waals surface area contributed by atoms with Crippen LogP contribution in [-0.2, 0) is 11.2 Å². The van der Waals surface area contributed by atoms with Crippen LogP contribution in [0.1, 0.15) is 12.5 Å². The van der Waals surface area contributed by atoms with E-state index in [2.05, 4.69) is 6.07 Å². The topological polar surface area (TPSA) is 47.3 Å². The lowest BCUT2D eigenvalue weighted by molar-refractivity contribution is -0.132. The molecule has 21 heavy (non-hydrogen) atoms. The highest BCUT2D eigenvalue weighted by Gasteiger charge is 2.25. The highest BCUT2D eigenvalue weighted by Crippen LogP contribution is 2.15. The van der Waals surface area contributed by atoms with E-state index >= 15 is 0 Å². The van der Waals surface area contributed by atoms with Gasteiger partial charge in [0.25, 0.3) is 0 Å². The normalized spacial score (nSPS) is 17.3. The van der Waals surface area contributed by atoms with Gasteiger partial charge in [0.1, 0.15) is 11.6 Å². The van der Waals surface area contributed by atoms with Crippen LogP contribution in [0.3, 0.4) is 0 Å². The third-order valence-electron chi connectivity index (χ3n) is 3.79. The Balaban J connectivity index is 1.96. The van der Waals surface area contributed by atoms with Crippen molar-refractivity contribution in [2.75, 3.05) is 26.2 Å². The molecule has 0 saturated carbocycles. The highest BCUT2D eigenvalue weighted by molar-refractivity contribution is 5.79. The van der Waals surface area contributed by atoms with E-state index in [9.17, 15) is 13.6 Å². The minimum atomic E-state index is -0.694. The van der Waals surface area contributed by atoms with Gasteiger partial charge >= 0.3 is 0 Å². The van der Waals surface area contributed by atoms with Crippen molar-refractivity contribution in [3.63, 3.8) is 0 Å². The lowest BCUT2D eigenvalue weighted by atomic mass is 10.1. The van der Waals surface area contributed by atoms with Crippen molar-refractivity contribution in [2.24, 2.45) is 0 Å². The van der Waals surface area contributed by atoms with Gasteiger partial charge in [-0.2, -0.15) is 5.26 Å². The Morgan fingerprint density at radius 2 is 1.86 bits per heavy atom. The molecule has 1 fully saturated rings. The van der Waals surface area contributed by atoms with Gasteiger partial charge in [0.05, 0.1) is 18.5 Å². The molecule has 1 aromatic carbocycles. The number of nitrogens with zero attached hydrogens (tertiary/aromatic N) is 3. The van der Waals surface area contributed by atoms with Gasteiger partial charge in [-0.1, -0.05) is 6.07 Å². The first-order chi connectivity index (χ1) is 10.0. The molecular formula is C15H17F2N3O. The van der Waals surface area contributed by atoms with Gasteiger partial charge in [0.2, 0.25) is 5.91 Å². The van der Waals surface area contributed by atoms with Crippen molar-refractivity contribution in [2.45, 2.75) is 19.4 Å². The summed E-state index contributed by atoms with van der Waals surface area (Å²) in [4.78, 5) is 15.7. The zero-order chi connectivity index (χ0) is 15.4. The zero-order valence-electron chi connectivity index (χ0n) is 11.9. The minimum Gasteiger partial charge on any atom is -0.340 e. The van der Waals surface area contributed by atoms with Crippen molar-refractivity contribution in [1.82, 2.24) is 9.80 Å². The van der Waals surface area contributed by atoms with E-state index in [0.717, 1.165) is 12.1 Å². The molecule has 0 spiro atoms. The van der Waals surface area contributed by atoms with Gasteiger partial charge in [-0.15, -0.1) is 0 Å². The number of hydrogen-bond acceptors (Lipinski definition) is 3. The summed E-state index contributed by atoms with van der Waals surface area (Å²) in [5, 5.41) is 8.86. The fraction of sp³-hybridized carbons (Fsp3) is 0.467. The van der Waals surface area contributed by atoms with E-state index in [-0.39, 0.29) is 23.9 Å². The molecule has 0 aliphatic carbocycles. The molecule has 0 N–H and O–H groups in total. The first-order valence-corrected chi connectivity index (χ1v) is 6.87. The third-order valence-corrected chi connectivity index (χ3v) is 3.79. The SMILES string of the molecule is CC(C#N)N1CCN(C(=O)Cc2c(F)cccc2F)CC1. The van der Waals surface area contributed by atoms with Gasteiger partial charge in [-0.25, -0.2) is 8.78 Å². The molecular weight excluding hydrogens is 276 g/mol. The summed E-state index contributed by atoms with van der Waals surface area (Å²) in [6.07, 6.45) is -0.272. The van der Waals surface area contributed by atoms with E-state index in [1.807, 2.05) is 11.8 Å². The standard InChI is InChI=1S/C15H17F2N3O/c1-11(10-18)19-5-7-20(8-6-19)15(21)9-12-13(16)3-2-4-14(12)17/h2-4,11H,5-9H2,1H3. The summed E-state index contributed by atoms with van der Waals surface area (Å²) in [5.74, 6) is -1.68. The molecule has 1 unspecified atom stereocenters. The van der Waals surface area contributed by atoms with Gasteiger partial charge < -0.3 is 4.90 Å². The molecule has 1 amide bonds. The molecule has 1 aliphatic heterocycles. The average molecular weight is 293 g/mol. The Labute approximate surface area is 122 Å². The molecule has 0 aromatic heterocycles. The van der Waals surface area contributed by atoms with Gasteiger partial charge in [0, 0.05) is 31.7 Å². The molecule has 112 valence electrons. The molecule has 0 radical (unpaired) electrons. The van der Waals surface area contributed by atoms with Gasteiger partial charge in [-0.3, -0.25) is 9.69 Å². The Bertz CT molecular complexity index is 542. The van der Waals surface area contributed by atoms with E-state index in [1.165, 1.54) is 6.07 Å². The Morgan fingerprint density at radius 1 is 1.29 bits per heavy atom. The second-order valence-electron chi connectivity index (χ2n) is 5.10. The predicted molar refractivity (Wildman–Crippen MR) is 73.3 cm³/mol. The quantitative estimate of drug-likeness (QED) is 0.850. The second kappa shape index (κ2) is 6.64. The minimum absolute atomic E-state index is 0.185. The lowest BCUT2D eigenvalue weighted by Gasteiger charge is -2.36. The summed E-state index contributed by atoms with van der Waals surface area (Å²) >= 11 is 0. The summed E-state index contributed by atoms with van der Waals surface area (Å²) in [6.45, 7) is 3.95. The second-order valence-corrected chi connectivity index (χ2v) is 5.10. The number of hydrogen-bond donors (Lipinski definition) is 0. The van der Waals surface area contributed by atoms with Crippen molar-refractivity contribution < 1.29 is 13.6 Å². The summed E-state index contributed by atoms with van der Waals surface area (Å²) < 4.78 is 27.1. The Kier molecular flexibility index (Phi) is 4.86. The maximum atomic E-state index is 13.5. The van der Waals surface area contributed by atoms with Crippen LogP contribution in [-0.4, -0.2) is 47.9 Å². The maximum Gasteiger partial charge on any atom is 0.227 e. The summed E-state index contributed by atoms with van der Waals surface area (Å²) in [7, 11) is 0. The largest absolute Gasteiger partial charge is 0.340 e. The maximum absolute atomic E-state index is 13.5. The number of benzene rings is 1. The lowest BCUT2D eigenvalue weighted by Crippen LogP contribution is -2.51. The number of piperazine rings is 1. The number of amides is 1. The smallest absolute Gasteiger partial charge is 0.227 e. The highest BCUT2D eigenvalue weighted by atomic mass is 19.1. The average Bonchev–Trinajstić information content (AvgIpc) is 2.50. The number of rotatable bonds is 3. The van der Waals surface area contributed by atoms with Crippen LogP contribution in [0, 0.1) is 23.0 Å². The van der Waals surface area contributed by atoms with E-state index < -0.39 is 11.6 Å². The molecule has 1 heterocycles. The van der Waals surface area contributed by atoms with Crippen LogP contribution in [0.5, 0.6) is 0 Å². The third kappa shape index (κ3) is 3.56. The van der Waals surface area contributed by atoms with Crippen molar-refractivity contribution >= 4 is 5.91 Å². The van der Waals surface area contributed by atoms with Crippen LogP contribution >= 0.6 is 0 Å². The van der Waals surface area contributed by atoms with Crippen molar-refractivity contribution in [3.05, 3.63) is 35.4 Å². The van der Waals surface area contributed by atoms with E-state index in [0.29, 0.717) is 26.2 Å². The molecule has 1 saturated heterocycles. The number of nitriles is 1. The van der Waals surface area contributed by atoms with Crippen LogP contribution in [0.4, 0.5) is 8.78 Å². The fourth-order valence-corrected chi connectivity index (χ4v) is 2.40. The molecule has 1 aliphatic rings. The molecule has 2 rings (SSSR count). The molecule has 1 aromatic rings. The number of carbonyl (C=O) groups excluding carboxylic acids is 1. The molecule has 6 heteroatoms. The monoisotopic (exact) mass is 293 g/mol. The summed E-state index contributed by atoms with van der Waals surface area (Å²) in [6, 6.07) is 5.55. The van der Waals surface area contributed by atoms with E-state index in [1.54, 1.807) is 4.90 Å².